The fourth-order valence-corrected chi connectivity index (χ4v) is 1.42. The zero-order chi connectivity index (χ0) is 8.72. The molecule has 64 valence electrons. The van der Waals surface area contributed by atoms with Crippen LogP contribution in [0.3, 0.4) is 0 Å². The Hall–Kier alpha value is -1.03. The molecule has 1 atom stereocenters. The molecule has 2 heterocycles. The third-order valence-corrected chi connectivity index (χ3v) is 2.34. The van der Waals surface area contributed by atoms with Crippen molar-refractivity contribution >= 4 is 23.1 Å². The number of nitrogens with zero attached hydrogens (tertiary/aromatic N) is 3. The number of aromatic nitrogens is 2. The third kappa shape index (κ3) is 0.914. The molecule has 0 bridgehead atoms. The van der Waals surface area contributed by atoms with Crippen LogP contribution < -0.4 is 10.2 Å². The second kappa shape index (κ2) is 2.48. The maximum Gasteiger partial charge on any atom is 0.158 e. The molecule has 5 heteroatoms. The van der Waals surface area contributed by atoms with Gasteiger partial charge in [0.15, 0.2) is 11.0 Å². The number of fused-ring (bicyclic) bond motifs is 1. The maximum absolute atomic E-state index is 5.86. The fraction of sp³-hybridized carbons (Fsp3) is 0.429. The quantitative estimate of drug-likeness (QED) is 0.618. The van der Waals surface area contributed by atoms with Crippen LogP contribution in [0.1, 0.15) is 6.92 Å². The van der Waals surface area contributed by atoms with Gasteiger partial charge in [-0.05, 0) is 6.92 Å². The van der Waals surface area contributed by atoms with Crippen LogP contribution in [-0.4, -0.2) is 23.2 Å². The Morgan fingerprint density at radius 2 is 2.33 bits per heavy atom. The van der Waals surface area contributed by atoms with E-state index in [1.165, 1.54) is 6.33 Å². The van der Waals surface area contributed by atoms with Crippen LogP contribution >= 0.6 is 11.6 Å². The molecule has 1 aliphatic heterocycles. The molecule has 0 saturated carbocycles. The lowest BCUT2D eigenvalue weighted by Crippen LogP contribution is -2.28. The first-order chi connectivity index (χ1) is 5.70. The SMILES string of the molecule is CC1Nc2c(Cl)ncnc2N1C. The van der Waals surface area contributed by atoms with Crippen molar-refractivity contribution in [2.45, 2.75) is 13.1 Å². The summed E-state index contributed by atoms with van der Waals surface area (Å²) in [4.78, 5) is 10.0. The van der Waals surface area contributed by atoms with E-state index in [9.17, 15) is 0 Å². The van der Waals surface area contributed by atoms with Gasteiger partial charge in [0.1, 0.15) is 12.0 Å². The molecule has 1 aromatic rings. The summed E-state index contributed by atoms with van der Waals surface area (Å²) in [7, 11) is 1.97. The highest BCUT2D eigenvalue weighted by molar-refractivity contribution is 6.32. The van der Waals surface area contributed by atoms with Crippen molar-refractivity contribution in [3.63, 3.8) is 0 Å². The van der Waals surface area contributed by atoms with Crippen LogP contribution in [0.15, 0.2) is 6.33 Å². The van der Waals surface area contributed by atoms with Gasteiger partial charge in [0, 0.05) is 7.05 Å². The molecule has 1 unspecified atom stereocenters. The minimum Gasteiger partial charge on any atom is -0.360 e. The first-order valence-electron chi connectivity index (χ1n) is 3.70. The minimum absolute atomic E-state index is 0.231. The monoisotopic (exact) mass is 184 g/mol. The average Bonchev–Trinajstić information content (AvgIpc) is 2.32. The molecule has 1 aliphatic rings. The van der Waals surface area contributed by atoms with Gasteiger partial charge in [0.05, 0.1) is 6.17 Å². The van der Waals surface area contributed by atoms with Gasteiger partial charge in [-0.1, -0.05) is 11.6 Å². The third-order valence-electron chi connectivity index (χ3n) is 2.05. The second-order valence-corrected chi connectivity index (χ2v) is 3.15. The van der Waals surface area contributed by atoms with Gasteiger partial charge in [-0.15, -0.1) is 0 Å². The average molecular weight is 185 g/mol. The van der Waals surface area contributed by atoms with Crippen LogP contribution in [0.5, 0.6) is 0 Å². The highest BCUT2D eigenvalue weighted by Gasteiger charge is 2.25. The van der Waals surface area contributed by atoms with E-state index in [4.69, 9.17) is 11.6 Å². The molecule has 0 saturated heterocycles. The van der Waals surface area contributed by atoms with Crippen molar-refractivity contribution < 1.29 is 0 Å². The molecule has 0 aliphatic carbocycles. The molecular weight excluding hydrogens is 176 g/mol. The number of rotatable bonds is 0. The Balaban J connectivity index is 2.53. The summed E-state index contributed by atoms with van der Waals surface area (Å²) >= 11 is 5.86. The topological polar surface area (TPSA) is 41.1 Å². The summed E-state index contributed by atoms with van der Waals surface area (Å²) in [6.07, 6.45) is 1.70. The lowest BCUT2D eigenvalue weighted by atomic mass is 10.5. The summed E-state index contributed by atoms with van der Waals surface area (Å²) < 4.78 is 0. The Kier molecular flexibility index (Phi) is 1.58. The Bertz CT molecular complexity index is 314. The first-order valence-corrected chi connectivity index (χ1v) is 4.08. The van der Waals surface area contributed by atoms with Gasteiger partial charge < -0.3 is 10.2 Å². The molecule has 0 radical (unpaired) electrons. The largest absolute Gasteiger partial charge is 0.360 e. The first kappa shape index (κ1) is 7.61. The van der Waals surface area contributed by atoms with Gasteiger partial charge in [-0.3, -0.25) is 0 Å². The van der Waals surface area contributed by atoms with E-state index in [0.717, 1.165) is 11.5 Å². The fourth-order valence-electron chi connectivity index (χ4n) is 1.24. The minimum atomic E-state index is 0.231. The van der Waals surface area contributed by atoms with Crippen LogP contribution in [0.4, 0.5) is 11.5 Å². The van der Waals surface area contributed by atoms with Crippen molar-refractivity contribution in [1.82, 2.24) is 9.97 Å². The molecular formula is C7H9ClN4. The van der Waals surface area contributed by atoms with E-state index in [2.05, 4.69) is 15.3 Å². The van der Waals surface area contributed by atoms with Crippen molar-refractivity contribution in [1.29, 1.82) is 0 Å². The van der Waals surface area contributed by atoms with Crippen molar-refractivity contribution in [2.24, 2.45) is 0 Å². The van der Waals surface area contributed by atoms with E-state index >= 15 is 0 Å². The highest BCUT2D eigenvalue weighted by atomic mass is 35.5. The second-order valence-electron chi connectivity index (χ2n) is 2.79. The van der Waals surface area contributed by atoms with E-state index in [-0.39, 0.29) is 6.17 Å². The maximum atomic E-state index is 5.86. The van der Waals surface area contributed by atoms with E-state index in [1.807, 2.05) is 18.9 Å². The van der Waals surface area contributed by atoms with E-state index in [1.54, 1.807) is 0 Å². The predicted octanol–water partition coefficient (Wildman–Crippen LogP) is 1.34. The smallest absolute Gasteiger partial charge is 0.158 e. The lowest BCUT2D eigenvalue weighted by molar-refractivity contribution is 0.797. The van der Waals surface area contributed by atoms with Crippen LogP contribution in [0, 0.1) is 0 Å². The van der Waals surface area contributed by atoms with Crippen LogP contribution in [0.2, 0.25) is 5.15 Å². The molecule has 1 N–H and O–H groups in total. The summed E-state index contributed by atoms with van der Waals surface area (Å²) in [5.74, 6) is 0.863. The highest BCUT2D eigenvalue weighted by Crippen LogP contribution is 2.34. The number of hydrogen-bond donors (Lipinski definition) is 1. The molecule has 0 fully saturated rings. The molecule has 4 nitrogen and oxygen atoms in total. The predicted molar refractivity (Wildman–Crippen MR) is 48.5 cm³/mol. The molecule has 2 rings (SSSR count). The lowest BCUT2D eigenvalue weighted by Gasteiger charge is -2.15. The molecule has 1 aromatic heterocycles. The van der Waals surface area contributed by atoms with E-state index in [0.29, 0.717) is 5.15 Å². The normalized spacial score (nSPS) is 20.6. The number of anilines is 2. The molecule has 0 spiro atoms. The van der Waals surface area contributed by atoms with Crippen molar-refractivity contribution in [3.05, 3.63) is 11.5 Å². The summed E-state index contributed by atoms with van der Waals surface area (Å²) in [6.45, 7) is 2.04. The summed E-state index contributed by atoms with van der Waals surface area (Å²) in [5, 5.41) is 3.67. The molecule has 12 heavy (non-hydrogen) atoms. The Labute approximate surface area is 75.6 Å². The Morgan fingerprint density at radius 1 is 1.58 bits per heavy atom. The number of nitrogens with one attached hydrogen (secondary N) is 1. The van der Waals surface area contributed by atoms with Crippen LogP contribution in [0.25, 0.3) is 0 Å². The zero-order valence-corrected chi connectivity index (χ0v) is 7.63. The van der Waals surface area contributed by atoms with Gasteiger partial charge in [0.2, 0.25) is 0 Å². The van der Waals surface area contributed by atoms with Gasteiger partial charge in [-0.25, -0.2) is 9.97 Å². The van der Waals surface area contributed by atoms with Gasteiger partial charge in [0.25, 0.3) is 0 Å². The summed E-state index contributed by atoms with van der Waals surface area (Å²) in [6, 6.07) is 0. The van der Waals surface area contributed by atoms with Crippen molar-refractivity contribution in [3.8, 4) is 0 Å². The molecule has 0 aromatic carbocycles. The summed E-state index contributed by atoms with van der Waals surface area (Å²) in [5.41, 5.74) is 0.828. The number of hydrogen-bond acceptors (Lipinski definition) is 4. The van der Waals surface area contributed by atoms with Crippen LogP contribution in [-0.2, 0) is 0 Å². The van der Waals surface area contributed by atoms with Crippen molar-refractivity contribution in [2.75, 3.05) is 17.3 Å². The Morgan fingerprint density at radius 3 is 3.00 bits per heavy atom. The van der Waals surface area contributed by atoms with Gasteiger partial charge in [-0.2, -0.15) is 0 Å². The van der Waals surface area contributed by atoms with E-state index < -0.39 is 0 Å². The standard InChI is InChI=1S/C7H9ClN4/c1-4-11-5-6(8)9-3-10-7(5)12(4)2/h3-4,11H,1-2H3. The number of halogens is 1. The zero-order valence-electron chi connectivity index (χ0n) is 6.87. The molecule has 0 amide bonds. The van der Waals surface area contributed by atoms with Gasteiger partial charge >= 0.3 is 0 Å².